The van der Waals surface area contributed by atoms with Crippen LogP contribution < -0.4 is 20.4 Å². The van der Waals surface area contributed by atoms with Gasteiger partial charge in [0.25, 0.3) is 0 Å². The number of nitrogens with one attached hydrogen (secondary N) is 2. The molecule has 7 heteroatoms. The summed E-state index contributed by atoms with van der Waals surface area (Å²) >= 11 is 1.83. The molecule has 0 radical (unpaired) electrons. The van der Waals surface area contributed by atoms with Gasteiger partial charge in [-0.05, 0) is 48.1 Å². The predicted octanol–water partition coefficient (Wildman–Crippen LogP) is 4.08. The van der Waals surface area contributed by atoms with E-state index in [4.69, 9.17) is 0 Å². The molecule has 1 aromatic carbocycles. The van der Waals surface area contributed by atoms with Crippen molar-refractivity contribution in [2.24, 2.45) is 4.99 Å². The molecule has 0 atom stereocenters. The number of nitrogens with zero attached hydrogens (tertiary/aromatic N) is 3. The number of thiophene rings is 1. The van der Waals surface area contributed by atoms with Crippen molar-refractivity contribution < 1.29 is 0 Å². The van der Waals surface area contributed by atoms with E-state index >= 15 is 0 Å². The van der Waals surface area contributed by atoms with Crippen LogP contribution in [0.15, 0.2) is 58.9 Å². The lowest BCUT2D eigenvalue weighted by Crippen LogP contribution is -2.48. The summed E-state index contributed by atoms with van der Waals surface area (Å²) in [6, 6.07) is 13.6. The van der Waals surface area contributed by atoms with Crippen molar-refractivity contribution in [1.29, 1.82) is 0 Å². The Morgan fingerprint density at radius 3 is 2.41 bits per heavy atom. The van der Waals surface area contributed by atoms with E-state index in [9.17, 15) is 0 Å². The third-order valence-corrected chi connectivity index (χ3v) is 6.39. The second-order valence-corrected chi connectivity index (χ2v) is 8.25. The van der Waals surface area contributed by atoms with Crippen LogP contribution in [0.2, 0.25) is 0 Å². The zero-order chi connectivity index (χ0) is 19.2. The van der Waals surface area contributed by atoms with Gasteiger partial charge in [-0.2, -0.15) is 0 Å². The van der Waals surface area contributed by atoms with Crippen LogP contribution in [0.4, 0.5) is 10.7 Å². The number of anilines is 2. The number of piperidine rings is 1. The second kappa shape index (κ2) is 10.9. The first-order valence-corrected chi connectivity index (χ1v) is 10.9. The molecule has 1 aromatic heterocycles. The van der Waals surface area contributed by atoms with Crippen LogP contribution in [0.25, 0.3) is 0 Å². The van der Waals surface area contributed by atoms with Gasteiger partial charge >= 0.3 is 0 Å². The lowest BCUT2D eigenvalue weighted by Gasteiger charge is -2.33. The van der Waals surface area contributed by atoms with E-state index in [1.165, 1.54) is 16.3 Å². The minimum Gasteiger partial charge on any atom is -0.364 e. The fourth-order valence-electron chi connectivity index (χ4n) is 3.78. The van der Waals surface area contributed by atoms with Crippen LogP contribution in [0, 0.1) is 0 Å². The average Bonchev–Trinajstić information content (AvgIpc) is 3.46. The highest BCUT2D eigenvalue weighted by Crippen LogP contribution is 2.24. The zero-order valence-electron chi connectivity index (χ0n) is 16.9. The number of benzene rings is 1. The van der Waals surface area contributed by atoms with Crippen molar-refractivity contribution >= 4 is 52.0 Å². The Balaban J connectivity index is 0.00000240. The molecule has 0 saturated carbocycles. The van der Waals surface area contributed by atoms with E-state index in [-0.39, 0.29) is 24.0 Å². The van der Waals surface area contributed by atoms with Gasteiger partial charge in [0.1, 0.15) is 0 Å². The third kappa shape index (κ3) is 5.88. The molecule has 4 rings (SSSR count). The molecule has 29 heavy (non-hydrogen) atoms. The maximum Gasteiger partial charge on any atom is 0.191 e. The summed E-state index contributed by atoms with van der Waals surface area (Å²) in [5.41, 5.74) is 2.56. The molecular weight excluding hydrogens is 493 g/mol. The Morgan fingerprint density at radius 1 is 1.07 bits per heavy atom. The molecule has 0 unspecified atom stereocenters. The van der Waals surface area contributed by atoms with E-state index in [0.717, 1.165) is 51.5 Å². The Labute approximate surface area is 194 Å². The first-order valence-electron chi connectivity index (χ1n) is 10.1. The molecule has 2 aromatic rings. The number of guanidine groups is 1. The molecule has 0 amide bonds. The van der Waals surface area contributed by atoms with Gasteiger partial charge in [-0.3, -0.25) is 4.99 Å². The van der Waals surface area contributed by atoms with Crippen molar-refractivity contribution in [3.8, 4) is 0 Å². The zero-order valence-corrected chi connectivity index (χ0v) is 20.0. The summed E-state index contributed by atoms with van der Waals surface area (Å²) in [5.74, 6) is 0.891. The van der Waals surface area contributed by atoms with E-state index in [2.05, 4.69) is 79.4 Å². The molecule has 5 nitrogen and oxygen atoms in total. The molecule has 0 bridgehead atoms. The molecule has 2 aliphatic rings. The highest BCUT2D eigenvalue weighted by Gasteiger charge is 2.20. The lowest BCUT2D eigenvalue weighted by atomic mass is 10.1. The van der Waals surface area contributed by atoms with Gasteiger partial charge in [0.15, 0.2) is 5.96 Å². The Morgan fingerprint density at radius 2 is 1.79 bits per heavy atom. The number of hydrogen-bond donors (Lipinski definition) is 2. The largest absolute Gasteiger partial charge is 0.364 e. The van der Waals surface area contributed by atoms with Crippen LogP contribution in [0.3, 0.4) is 0 Å². The van der Waals surface area contributed by atoms with Crippen LogP contribution >= 0.6 is 35.3 Å². The van der Waals surface area contributed by atoms with Crippen molar-refractivity contribution in [3.63, 3.8) is 0 Å². The lowest BCUT2D eigenvalue weighted by molar-refractivity contribution is 0.463. The first kappa shape index (κ1) is 22.0. The minimum atomic E-state index is 0. The Bertz CT molecular complexity index is 787. The molecule has 3 heterocycles. The molecule has 1 fully saturated rings. The van der Waals surface area contributed by atoms with Crippen LogP contribution in [0.1, 0.15) is 18.4 Å². The summed E-state index contributed by atoms with van der Waals surface area (Å²) < 4.78 is 0. The van der Waals surface area contributed by atoms with Gasteiger partial charge in [0, 0.05) is 51.5 Å². The van der Waals surface area contributed by atoms with Gasteiger partial charge in [-0.15, -0.1) is 35.3 Å². The number of aliphatic imine (C=N–C) groups is 1. The molecule has 0 aliphatic carbocycles. The van der Waals surface area contributed by atoms with E-state index in [0.29, 0.717) is 6.04 Å². The van der Waals surface area contributed by atoms with Crippen LogP contribution in [0.5, 0.6) is 0 Å². The highest BCUT2D eigenvalue weighted by molar-refractivity contribution is 14.0. The standard InChI is InChI=1S/C22H29N5S.HI/c1-23-22(25-19-10-14-27(15-11-19)21-5-4-16-28-21)24-17-18-6-8-20(9-7-18)26-12-2-3-13-26;/h2-9,16,19H,10-15,17H2,1H3,(H2,23,24,25);1H. The SMILES string of the molecule is CN=C(NCc1ccc(N2CC=CC2)cc1)NC1CCN(c2cccs2)CC1.I. The Kier molecular flexibility index (Phi) is 8.23. The van der Waals surface area contributed by atoms with E-state index in [1.54, 1.807) is 0 Å². The number of hydrogen-bond acceptors (Lipinski definition) is 4. The van der Waals surface area contributed by atoms with Gasteiger partial charge in [0.05, 0.1) is 5.00 Å². The van der Waals surface area contributed by atoms with Gasteiger partial charge in [0.2, 0.25) is 0 Å². The summed E-state index contributed by atoms with van der Waals surface area (Å²) in [5, 5.41) is 10.6. The smallest absolute Gasteiger partial charge is 0.191 e. The molecule has 1 saturated heterocycles. The maximum atomic E-state index is 4.41. The maximum absolute atomic E-state index is 4.41. The van der Waals surface area contributed by atoms with E-state index < -0.39 is 0 Å². The summed E-state index contributed by atoms with van der Waals surface area (Å²) in [7, 11) is 1.85. The van der Waals surface area contributed by atoms with Crippen molar-refractivity contribution in [3.05, 3.63) is 59.5 Å². The topological polar surface area (TPSA) is 42.9 Å². The van der Waals surface area contributed by atoms with Gasteiger partial charge in [-0.1, -0.05) is 24.3 Å². The van der Waals surface area contributed by atoms with E-state index in [1.807, 2.05) is 18.4 Å². The summed E-state index contributed by atoms with van der Waals surface area (Å²) in [4.78, 5) is 9.26. The average molecular weight is 523 g/mol. The Hall–Kier alpha value is -1.74. The van der Waals surface area contributed by atoms with Crippen LogP contribution in [-0.4, -0.2) is 45.2 Å². The quantitative estimate of drug-likeness (QED) is 0.269. The number of rotatable bonds is 5. The van der Waals surface area contributed by atoms with Gasteiger partial charge < -0.3 is 20.4 Å². The normalized spacial score (nSPS) is 17.3. The highest BCUT2D eigenvalue weighted by atomic mass is 127. The van der Waals surface area contributed by atoms with Crippen molar-refractivity contribution in [1.82, 2.24) is 10.6 Å². The predicted molar refractivity (Wildman–Crippen MR) is 136 cm³/mol. The minimum absolute atomic E-state index is 0. The number of halogens is 1. The third-order valence-electron chi connectivity index (χ3n) is 5.46. The second-order valence-electron chi connectivity index (χ2n) is 7.33. The molecule has 156 valence electrons. The molecule has 2 N–H and O–H groups in total. The molecule has 2 aliphatic heterocycles. The van der Waals surface area contributed by atoms with Crippen LogP contribution in [-0.2, 0) is 6.54 Å². The van der Waals surface area contributed by atoms with Crippen molar-refractivity contribution in [2.75, 3.05) is 43.0 Å². The van der Waals surface area contributed by atoms with Gasteiger partial charge in [-0.25, -0.2) is 0 Å². The summed E-state index contributed by atoms with van der Waals surface area (Å²) in [6.07, 6.45) is 6.71. The fraction of sp³-hybridized carbons (Fsp3) is 0.409. The van der Waals surface area contributed by atoms with Crippen molar-refractivity contribution in [2.45, 2.75) is 25.4 Å². The molecular formula is C22H30IN5S. The molecule has 0 spiro atoms. The first-order chi connectivity index (χ1) is 13.8. The monoisotopic (exact) mass is 523 g/mol. The summed E-state index contributed by atoms with van der Waals surface area (Å²) in [6.45, 7) is 5.01. The fourth-order valence-corrected chi connectivity index (χ4v) is 4.57.